The maximum absolute atomic E-state index is 11.7. The van der Waals surface area contributed by atoms with Crippen LogP contribution in [0.25, 0.3) is 5.82 Å². The molecule has 0 saturated carbocycles. The van der Waals surface area contributed by atoms with Gasteiger partial charge in [0.05, 0.1) is 11.9 Å². The molecule has 0 unspecified atom stereocenters. The third-order valence-corrected chi connectivity index (χ3v) is 10.3. The van der Waals surface area contributed by atoms with E-state index in [0.717, 1.165) is 12.1 Å². The summed E-state index contributed by atoms with van der Waals surface area (Å²) < 4.78 is 18.7. The normalized spacial score (nSPS) is 13.2. The SMILES string of the molecule is CC(C)(C)OC(=O)NCCCc1cn(-c2ccc(OC[C@@H](O[Si](C)(C)C(C)(C)C)C(=O)O)cn2)cn1. The van der Waals surface area contributed by atoms with Gasteiger partial charge in [-0.05, 0) is 63.9 Å². The summed E-state index contributed by atoms with van der Waals surface area (Å²) in [6.45, 7) is 16.1. The Morgan fingerprint density at radius 3 is 2.39 bits per heavy atom. The summed E-state index contributed by atoms with van der Waals surface area (Å²) in [7, 11) is -2.26. The van der Waals surface area contributed by atoms with E-state index in [2.05, 4.69) is 36.1 Å². The summed E-state index contributed by atoms with van der Waals surface area (Å²) in [4.78, 5) is 32.2. The largest absolute Gasteiger partial charge is 0.489 e. The Labute approximate surface area is 214 Å². The van der Waals surface area contributed by atoms with Gasteiger partial charge in [-0.3, -0.25) is 4.57 Å². The van der Waals surface area contributed by atoms with Gasteiger partial charge in [0.1, 0.15) is 30.1 Å². The molecule has 2 heterocycles. The van der Waals surface area contributed by atoms with Crippen molar-refractivity contribution in [2.45, 2.75) is 84.2 Å². The molecule has 0 spiro atoms. The van der Waals surface area contributed by atoms with Gasteiger partial charge >= 0.3 is 12.1 Å². The average Bonchev–Trinajstić information content (AvgIpc) is 3.21. The fourth-order valence-corrected chi connectivity index (χ4v) is 4.10. The molecule has 2 aromatic heterocycles. The van der Waals surface area contributed by atoms with E-state index in [1.165, 1.54) is 0 Å². The zero-order valence-electron chi connectivity index (χ0n) is 22.6. The van der Waals surface area contributed by atoms with Crippen LogP contribution in [-0.4, -0.2) is 64.9 Å². The summed E-state index contributed by atoms with van der Waals surface area (Å²) in [6, 6.07) is 3.51. The first kappa shape index (κ1) is 29.3. The van der Waals surface area contributed by atoms with Crippen LogP contribution in [0, 0.1) is 0 Å². The molecule has 0 aliphatic heterocycles. The van der Waals surface area contributed by atoms with E-state index in [9.17, 15) is 14.7 Å². The van der Waals surface area contributed by atoms with Crippen LogP contribution >= 0.6 is 0 Å². The third-order valence-electron chi connectivity index (χ3n) is 5.82. The van der Waals surface area contributed by atoms with Gasteiger partial charge in [-0.2, -0.15) is 0 Å². The molecule has 0 radical (unpaired) electrons. The number of imidazole rings is 1. The minimum atomic E-state index is -2.26. The maximum atomic E-state index is 11.7. The number of rotatable bonds is 11. The molecule has 0 aromatic carbocycles. The number of pyridine rings is 1. The Morgan fingerprint density at radius 2 is 1.83 bits per heavy atom. The molecule has 10 nitrogen and oxygen atoms in total. The summed E-state index contributed by atoms with van der Waals surface area (Å²) in [5.74, 6) is 0.0642. The fraction of sp³-hybridized carbons (Fsp3) is 0.600. The number of aryl methyl sites for hydroxylation is 1. The lowest BCUT2D eigenvalue weighted by molar-refractivity contribution is -0.147. The van der Waals surface area contributed by atoms with E-state index in [0.29, 0.717) is 24.5 Å². The zero-order chi connectivity index (χ0) is 27.1. The van der Waals surface area contributed by atoms with Crippen LogP contribution in [0.2, 0.25) is 18.1 Å². The number of carbonyl (C=O) groups excluding carboxylic acids is 1. The first-order valence-corrected chi connectivity index (χ1v) is 15.0. The lowest BCUT2D eigenvalue weighted by atomic mass is 10.2. The van der Waals surface area contributed by atoms with Crippen molar-refractivity contribution in [1.82, 2.24) is 19.9 Å². The molecule has 1 atom stereocenters. The quantitative estimate of drug-likeness (QED) is 0.326. The van der Waals surface area contributed by atoms with E-state index >= 15 is 0 Å². The number of nitrogens with one attached hydrogen (secondary N) is 1. The van der Waals surface area contributed by atoms with Crippen molar-refractivity contribution >= 4 is 20.4 Å². The Hall–Kier alpha value is -2.92. The maximum Gasteiger partial charge on any atom is 0.407 e. The Kier molecular flexibility index (Phi) is 9.67. The molecule has 1 amide bonds. The topological polar surface area (TPSA) is 125 Å². The second-order valence-corrected chi connectivity index (χ2v) is 15.9. The van der Waals surface area contributed by atoms with Crippen molar-refractivity contribution in [2.75, 3.05) is 13.2 Å². The molecule has 0 bridgehead atoms. The first-order chi connectivity index (χ1) is 16.6. The molecule has 2 N–H and O–H groups in total. The van der Waals surface area contributed by atoms with Crippen LogP contribution in [0.15, 0.2) is 30.9 Å². The third kappa shape index (κ3) is 9.27. The van der Waals surface area contributed by atoms with Crippen LogP contribution in [0.1, 0.15) is 53.7 Å². The lowest BCUT2D eigenvalue weighted by Crippen LogP contribution is -2.47. The van der Waals surface area contributed by atoms with E-state index in [1.54, 1.807) is 29.2 Å². The lowest BCUT2D eigenvalue weighted by Gasteiger charge is -2.38. The molecule has 0 aliphatic rings. The number of carboxylic acid groups (broad SMARTS) is 1. The van der Waals surface area contributed by atoms with Gasteiger partial charge < -0.3 is 24.3 Å². The molecule has 2 aromatic rings. The fourth-order valence-electron chi connectivity index (χ4n) is 2.86. The number of amides is 1. The second-order valence-electron chi connectivity index (χ2n) is 11.2. The zero-order valence-corrected chi connectivity index (χ0v) is 23.6. The van der Waals surface area contributed by atoms with Crippen molar-refractivity contribution in [1.29, 1.82) is 0 Å². The first-order valence-electron chi connectivity index (χ1n) is 12.1. The van der Waals surface area contributed by atoms with Crippen molar-refractivity contribution in [2.24, 2.45) is 0 Å². The number of aromatic nitrogens is 3. The number of alkyl carbamates (subject to hydrolysis) is 1. The minimum Gasteiger partial charge on any atom is -0.489 e. The molecule has 36 heavy (non-hydrogen) atoms. The molecule has 2 rings (SSSR count). The van der Waals surface area contributed by atoms with Gasteiger partial charge in [-0.15, -0.1) is 0 Å². The Balaban J connectivity index is 1.87. The molecular weight excluding hydrogens is 480 g/mol. The Bertz CT molecular complexity index is 1010. The number of ether oxygens (including phenoxy) is 2. The average molecular weight is 521 g/mol. The van der Waals surface area contributed by atoms with Gasteiger partial charge in [0.25, 0.3) is 0 Å². The highest BCUT2D eigenvalue weighted by atomic mass is 28.4. The summed E-state index contributed by atoms with van der Waals surface area (Å²) in [5.41, 5.74) is 0.350. The molecule has 0 aliphatic carbocycles. The molecular formula is C25H40N4O6Si. The number of hydrogen-bond acceptors (Lipinski definition) is 7. The van der Waals surface area contributed by atoms with Crippen LogP contribution in [-0.2, 0) is 20.4 Å². The second kappa shape index (κ2) is 11.9. The van der Waals surface area contributed by atoms with E-state index < -0.39 is 32.1 Å². The highest BCUT2D eigenvalue weighted by Gasteiger charge is 2.41. The highest BCUT2D eigenvalue weighted by Crippen LogP contribution is 2.37. The van der Waals surface area contributed by atoms with Gasteiger partial charge in [0, 0.05) is 12.7 Å². The molecule has 0 saturated heterocycles. The van der Waals surface area contributed by atoms with Gasteiger partial charge in [0.2, 0.25) is 0 Å². The molecule has 200 valence electrons. The van der Waals surface area contributed by atoms with Gasteiger partial charge in [0.15, 0.2) is 14.4 Å². The number of carboxylic acids is 1. The summed E-state index contributed by atoms with van der Waals surface area (Å²) in [6.07, 6.45) is 5.03. The van der Waals surface area contributed by atoms with Crippen molar-refractivity contribution in [3.8, 4) is 11.6 Å². The number of aliphatic carboxylic acids is 1. The van der Waals surface area contributed by atoms with Crippen LogP contribution in [0.5, 0.6) is 5.75 Å². The number of nitrogens with zero attached hydrogens (tertiary/aromatic N) is 3. The Morgan fingerprint density at radius 1 is 1.14 bits per heavy atom. The van der Waals surface area contributed by atoms with Crippen molar-refractivity contribution in [3.05, 3.63) is 36.5 Å². The van der Waals surface area contributed by atoms with E-state index in [-0.39, 0.29) is 11.6 Å². The highest BCUT2D eigenvalue weighted by molar-refractivity contribution is 6.74. The molecule has 11 heteroatoms. The van der Waals surface area contributed by atoms with Crippen LogP contribution in [0.4, 0.5) is 4.79 Å². The minimum absolute atomic E-state index is 0.102. The van der Waals surface area contributed by atoms with E-state index in [4.69, 9.17) is 13.9 Å². The molecule has 0 fully saturated rings. The van der Waals surface area contributed by atoms with Crippen molar-refractivity contribution < 1.29 is 28.6 Å². The van der Waals surface area contributed by atoms with Crippen LogP contribution in [0.3, 0.4) is 0 Å². The van der Waals surface area contributed by atoms with Gasteiger partial charge in [-0.1, -0.05) is 20.8 Å². The van der Waals surface area contributed by atoms with Crippen LogP contribution < -0.4 is 10.1 Å². The monoisotopic (exact) mass is 520 g/mol. The van der Waals surface area contributed by atoms with Crippen molar-refractivity contribution in [3.63, 3.8) is 0 Å². The summed E-state index contributed by atoms with van der Waals surface area (Å²) >= 11 is 0. The summed E-state index contributed by atoms with van der Waals surface area (Å²) in [5, 5.41) is 12.2. The number of hydrogen-bond donors (Lipinski definition) is 2. The number of carbonyl (C=O) groups is 2. The standard InChI is InChI=1S/C25H40N4O6Si/c1-24(2,3)34-23(32)26-13-9-10-18-15-29(17-28-18)21-12-11-19(14-27-21)33-16-20(22(30)31)35-36(7,8)25(4,5)6/h11-12,14-15,17,20H,9-10,13,16H2,1-8H3,(H,26,32)(H,30,31)/t20-/m1/s1. The smallest absolute Gasteiger partial charge is 0.407 e. The predicted molar refractivity (Wildman–Crippen MR) is 139 cm³/mol. The predicted octanol–water partition coefficient (Wildman–Crippen LogP) is 4.58. The van der Waals surface area contributed by atoms with Gasteiger partial charge in [-0.25, -0.2) is 19.6 Å². The van der Waals surface area contributed by atoms with E-state index in [1.807, 2.05) is 40.1 Å².